The van der Waals surface area contributed by atoms with E-state index in [1.165, 1.54) is 5.56 Å². The van der Waals surface area contributed by atoms with Crippen LogP contribution in [-0.4, -0.2) is 31.9 Å². The lowest BCUT2D eigenvalue weighted by molar-refractivity contribution is -0.000372. The molecule has 1 aliphatic heterocycles. The maximum atomic E-state index is 9.45. The Morgan fingerprint density at radius 1 is 1.06 bits per heavy atom. The van der Waals surface area contributed by atoms with E-state index in [1.807, 2.05) is 19.1 Å². The third kappa shape index (κ3) is 2.96. The van der Waals surface area contributed by atoms with Crippen molar-refractivity contribution >= 4 is 11.5 Å². The number of fused-ring (bicyclic) bond motifs is 3. The number of rotatable bonds is 3. The Kier molecular flexibility index (Phi) is 4.83. The average Bonchev–Trinajstić information content (AvgIpc) is 3.26. The van der Waals surface area contributed by atoms with Crippen molar-refractivity contribution in [3.05, 3.63) is 53.1 Å². The van der Waals surface area contributed by atoms with Crippen LogP contribution in [0.4, 0.5) is 0 Å². The lowest BCUT2D eigenvalue weighted by Gasteiger charge is -2.44. The van der Waals surface area contributed by atoms with E-state index in [0.29, 0.717) is 23.3 Å². The lowest BCUT2D eigenvalue weighted by Crippen LogP contribution is -2.43. The van der Waals surface area contributed by atoms with Crippen molar-refractivity contribution in [1.82, 2.24) is 0 Å². The molecule has 0 amide bonds. The molecule has 1 saturated carbocycles. The molecular formula is C26H28N4O2. The van der Waals surface area contributed by atoms with Crippen LogP contribution in [-0.2, 0) is 16.8 Å². The van der Waals surface area contributed by atoms with Crippen molar-refractivity contribution in [2.75, 3.05) is 14.2 Å². The zero-order valence-corrected chi connectivity index (χ0v) is 18.8. The highest BCUT2D eigenvalue weighted by Gasteiger charge is 2.60. The van der Waals surface area contributed by atoms with Crippen LogP contribution < -0.4 is 10.5 Å². The van der Waals surface area contributed by atoms with Crippen molar-refractivity contribution in [2.24, 2.45) is 21.1 Å². The van der Waals surface area contributed by atoms with Gasteiger partial charge in [0.25, 0.3) is 0 Å². The molecule has 6 heteroatoms. The first-order valence-electron chi connectivity index (χ1n) is 11.1. The first-order chi connectivity index (χ1) is 15.4. The molecule has 5 rings (SSSR count). The summed E-state index contributed by atoms with van der Waals surface area (Å²) in [5.41, 5.74) is 11.3. The number of amidine groups is 1. The van der Waals surface area contributed by atoms with Gasteiger partial charge in [0, 0.05) is 18.1 Å². The van der Waals surface area contributed by atoms with Gasteiger partial charge >= 0.3 is 0 Å². The standard InChI is InChI=1S/C26H28N4O2/c1-16-24(28)30-26(29-16)23-13-18(20-10-17(15-27)11-22(12-20)32-3)4-5-19(23)14-25(26)8-6-21(31-2)7-9-25/h4-5,10-13,21H,6-9,14H2,1-3H3,(H2,28,30)/t21?,25?,26-/m1/s1. The van der Waals surface area contributed by atoms with E-state index in [9.17, 15) is 5.26 Å². The van der Waals surface area contributed by atoms with E-state index in [0.717, 1.165) is 54.5 Å². The molecule has 0 aromatic heterocycles. The van der Waals surface area contributed by atoms with Crippen LogP contribution in [0.1, 0.15) is 49.3 Å². The third-order valence-corrected chi connectivity index (χ3v) is 7.56. The van der Waals surface area contributed by atoms with Gasteiger partial charge in [0.1, 0.15) is 11.6 Å². The van der Waals surface area contributed by atoms with Gasteiger partial charge in [-0.25, -0.2) is 4.99 Å². The molecule has 0 saturated heterocycles. The van der Waals surface area contributed by atoms with Crippen molar-refractivity contribution in [2.45, 2.75) is 50.8 Å². The van der Waals surface area contributed by atoms with Gasteiger partial charge < -0.3 is 15.2 Å². The molecule has 3 aliphatic rings. The molecule has 0 unspecified atom stereocenters. The van der Waals surface area contributed by atoms with Crippen LogP contribution in [0.5, 0.6) is 5.75 Å². The Morgan fingerprint density at radius 2 is 1.84 bits per heavy atom. The summed E-state index contributed by atoms with van der Waals surface area (Å²) in [5.74, 6) is 1.20. The molecule has 1 heterocycles. The SMILES string of the molecule is COc1cc(C#N)cc(-c2ccc3c(c2)[C@]2(N=C(C)C(N)=N2)C2(CCC(OC)CC2)C3)c1. The predicted octanol–water partition coefficient (Wildman–Crippen LogP) is 4.35. The highest BCUT2D eigenvalue weighted by molar-refractivity contribution is 6.41. The lowest BCUT2D eigenvalue weighted by atomic mass is 9.65. The zero-order valence-electron chi connectivity index (χ0n) is 18.8. The molecule has 2 aliphatic carbocycles. The van der Waals surface area contributed by atoms with Crippen molar-refractivity contribution in [3.8, 4) is 22.9 Å². The number of ether oxygens (including phenoxy) is 2. The summed E-state index contributed by atoms with van der Waals surface area (Å²) < 4.78 is 11.1. The molecule has 164 valence electrons. The summed E-state index contributed by atoms with van der Waals surface area (Å²) in [4.78, 5) is 10.2. The molecular weight excluding hydrogens is 400 g/mol. The van der Waals surface area contributed by atoms with E-state index in [1.54, 1.807) is 20.3 Å². The highest BCUT2D eigenvalue weighted by atomic mass is 16.5. The number of hydrogen-bond acceptors (Lipinski definition) is 6. The number of nitriles is 1. The predicted molar refractivity (Wildman–Crippen MR) is 125 cm³/mol. The smallest absolute Gasteiger partial charge is 0.184 e. The summed E-state index contributed by atoms with van der Waals surface area (Å²) in [7, 11) is 3.41. The minimum absolute atomic E-state index is 0.0858. The maximum Gasteiger partial charge on any atom is 0.184 e. The van der Waals surface area contributed by atoms with Gasteiger partial charge in [-0.15, -0.1) is 0 Å². The molecule has 1 fully saturated rings. The molecule has 2 aromatic rings. The summed E-state index contributed by atoms with van der Waals surface area (Å²) in [6.45, 7) is 1.95. The summed E-state index contributed by atoms with van der Waals surface area (Å²) in [6, 6.07) is 14.4. The quantitative estimate of drug-likeness (QED) is 0.786. The fourth-order valence-electron chi connectivity index (χ4n) is 5.80. The minimum Gasteiger partial charge on any atom is -0.497 e. The van der Waals surface area contributed by atoms with E-state index >= 15 is 0 Å². The monoisotopic (exact) mass is 428 g/mol. The third-order valence-electron chi connectivity index (χ3n) is 7.56. The van der Waals surface area contributed by atoms with Gasteiger partial charge in [-0.2, -0.15) is 5.26 Å². The van der Waals surface area contributed by atoms with Crippen LogP contribution >= 0.6 is 0 Å². The first kappa shape index (κ1) is 20.7. The average molecular weight is 429 g/mol. The largest absolute Gasteiger partial charge is 0.497 e. The fraction of sp³-hybridized carbons (Fsp3) is 0.423. The van der Waals surface area contributed by atoms with Gasteiger partial charge in [-0.05, 0) is 80.0 Å². The zero-order chi connectivity index (χ0) is 22.5. The first-order valence-corrected chi connectivity index (χ1v) is 11.1. The van der Waals surface area contributed by atoms with E-state index in [-0.39, 0.29) is 5.41 Å². The second-order valence-electron chi connectivity index (χ2n) is 9.19. The normalized spacial score (nSPS) is 28.4. The van der Waals surface area contributed by atoms with Crippen molar-refractivity contribution < 1.29 is 9.47 Å². The number of nitrogens with two attached hydrogens (primary N) is 1. The molecule has 2 aromatic carbocycles. The Labute approximate surface area is 188 Å². The Bertz CT molecular complexity index is 1160. The number of methoxy groups -OCH3 is 2. The molecule has 2 N–H and O–H groups in total. The molecule has 1 atom stereocenters. The van der Waals surface area contributed by atoms with Gasteiger partial charge in [-0.1, -0.05) is 12.1 Å². The molecule has 32 heavy (non-hydrogen) atoms. The molecule has 2 spiro atoms. The van der Waals surface area contributed by atoms with E-state index < -0.39 is 5.66 Å². The van der Waals surface area contributed by atoms with Crippen molar-refractivity contribution in [3.63, 3.8) is 0 Å². The van der Waals surface area contributed by atoms with Crippen LogP contribution in [0.2, 0.25) is 0 Å². The number of hydrogen-bond donors (Lipinski definition) is 1. The highest BCUT2D eigenvalue weighted by Crippen LogP contribution is 2.62. The topological polar surface area (TPSA) is 93.0 Å². The van der Waals surface area contributed by atoms with Gasteiger partial charge in [0.05, 0.1) is 30.6 Å². The minimum atomic E-state index is -0.678. The van der Waals surface area contributed by atoms with Gasteiger partial charge in [0.15, 0.2) is 5.66 Å². The van der Waals surface area contributed by atoms with Gasteiger partial charge in [0.2, 0.25) is 0 Å². The fourth-order valence-corrected chi connectivity index (χ4v) is 5.80. The number of nitrogens with zero attached hydrogens (tertiary/aromatic N) is 3. The Hall–Kier alpha value is -3.17. The number of aliphatic imine (C=N–C) groups is 2. The summed E-state index contributed by atoms with van der Waals surface area (Å²) in [5, 5.41) is 9.45. The Morgan fingerprint density at radius 3 is 2.47 bits per heavy atom. The maximum absolute atomic E-state index is 9.45. The molecule has 0 bridgehead atoms. The van der Waals surface area contributed by atoms with E-state index in [2.05, 4.69) is 24.3 Å². The molecule has 6 nitrogen and oxygen atoms in total. The summed E-state index contributed by atoms with van der Waals surface area (Å²) >= 11 is 0. The van der Waals surface area contributed by atoms with E-state index in [4.69, 9.17) is 25.2 Å². The number of benzene rings is 2. The van der Waals surface area contributed by atoms with Gasteiger partial charge in [-0.3, -0.25) is 4.99 Å². The van der Waals surface area contributed by atoms with Crippen LogP contribution in [0.3, 0.4) is 0 Å². The summed E-state index contributed by atoms with van der Waals surface area (Å²) in [6.07, 6.45) is 5.25. The molecule has 0 radical (unpaired) electrons. The van der Waals surface area contributed by atoms with Crippen LogP contribution in [0, 0.1) is 16.7 Å². The van der Waals surface area contributed by atoms with Crippen LogP contribution in [0.25, 0.3) is 11.1 Å². The van der Waals surface area contributed by atoms with Crippen molar-refractivity contribution in [1.29, 1.82) is 5.26 Å². The second-order valence-corrected chi connectivity index (χ2v) is 9.19. The second kappa shape index (κ2) is 7.46. The Balaban J connectivity index is 1.65. The van der Waals surface area contributed by atoms with Crippen LogP contribution in [0.15, 0.2) is 46.4 Å².